The number of benzene rings is 1. The smallest absolute Gasteiger partial charge is 0.200 e. The molecule has 1 aliphatic rings. The van der Waals surface area contributed by atoms with Gasteiger partial charge in [0.2, 0.25) is 5.82 Å². The fraction of sp³-hybridized carbons (Fsp3) is 0.250. The van der Waals surface area contributed by atoms with Gasteiger partial charge in [0, 0.05) is 17.3 Å². The number of aromatic nitrogens is 2. The van der Waals surface area contributed by atoms with Crippen LogP contribution in [0.4, 0.5) is 8.78 Å². The Bertz CT molecular complexity index is 576. The summed E-state index contributed by atoms with van der Waals surface area (Å²) in [7, 11) is 0. The highest BCUT2D eigenvalue weighted by Gasteiger charge is 2.25. The number of rotatable bonds is 2. The largest absolute Gasteiger partial charge is 0.505 e. The molecule has 0 aliphatic heterocycles. The van der Waals surface area contributed by atoms with Crippen LogP contribution >= 0.6 is 0 Å². The van der Waals surface area contributed by atoms with E-state index in [9.17, 15) is 8.78 Å². The van der Waals surface area contributed by atoms with Crippen LogP contribution < -0.4 is 0 Å². The Kier molecular flexibility index (Phi) is 2.14. The molecular weight excluding hydrogens is 226 g/mol. The van der Waals surface area contributed by atoms with Crippen molar-refractivity contribution in [1.29, 1.82) is 0 Å². The van der Waals surface area contributed by atoms with Gasteiger partial charge in [-0.25, -0.2) is 4.39 Å². The maximum atomic E-state index is 13.6. The van der Waals surface area contributed by atoms with Gasteiger partial charge < -0.3 is 5.11 Å². The van der Waals surface area contributed by atoms with Crippen molar-refractivity contribution in [3.8, 4) is 16.9 Å². The predicted molar refractivity (Wildman–Crippen MR) is 57.5 cm³/mol. The Labute approximate surface area is 96.3 Å². The van der Waals surface area contributed by atoms with Gasteiger partial charge in [0.1, 0.15) is 0 Å². The molecule has 17 heavy (non-hydrogen) atoms. The van der Waals surface area contributed by atoms with Crippen molar-refractivity contribution >= 4 is 0 Å². The molecule has 0 spiro atoms. The highest BCUT2D eigenvalue weighted by Crippen LogP contribution is 2.36. The van der Waals surface area contributed by atoms with E-state index in [2.05, 4.69) is 5.10 Å². The van der Waals surface area contributed by atoms with Gasteiger partial charge in [0.05, 0.1) is 12.2 Å². The molecule has 0 bridgehead atoms. The third kappa shape index (κ3) is 1.67. The van der Waals surface area contributed by atoms with Crippen molar-refractivity contribution in [1.82, 2.24) is 9.78 Å². The molecule has 0 amide bonds. The third-order valence-corrected chi connectivity index (χ3v) is 2.90. The first kappa shape index (κ1) is 10.3. The molecule has 3 rings (SSSR count). The molecule has 0 radical (unpaired) electrons. The number of aromatic hydroxyl groups is 1. The molecule has 1 aromatic heterocycles. The molecule has 1 N–H and O–H groups in total. The normalized spacial score (nSPS) is 15.2. The average molecular weight is 236 g/mol. The van der Waals surface area contributed by atoms with E-state index in [4.69, 9.17) is 5.11 Å². The number of phenols is 1. The lowest BCUT2D eigenvalue weighted by atomic mass is 10.1. The molecule has 2 aromatic rings. The summed E-state index contributed by atoms with van der Waals surface area (Å²) in [5.41, 5.74) is 0.639. The van der Waals surface area contributed by atoms with Gasteiger partial charge in [-0.2, -0.15) is 9.49 Å². The Morgan fingerprint density at radius 3 is 2.71 bits per heavy atom. The maximum absolute atomic E-state index is 13.6. The van der Waals surface area contributed by atoms with Crippen molar-refractivity contribution in [2.45, 2.75) is 18.9 Å². The van der Waals surface area contributed by atoms with Crippen LogP contribution in [0.25, 0.3) is 11.1 Å². The van der Waals surface area contributed by atoms with Gasteiger partial charge in [-0.3, -0.25) is 4.68 Å². The van der Waals surface area contributed by atoms with E-state index in [0.717, 1.165) is 18.9 Å². The predicted octanol–water partition coefficient (Wildman–Crippen LogP) is 2.87. The SMILES string of the molecule is Oc1ccc(-c2cnn(C3CC3)c2)c(F)c1F. The first-order valence-electron chi connectivity index (χ1n) is 5.38. The van der Waals surface area contributed by atoms with Crippen LogP contribution in [0.2, 0.25) is 0 Å². The quantitative estimate of drug-likeness (QED) is 0.870. The summed E-state index contributed by atoms with van der Waals surface area (Å²) in [5.74, 6) is -2.94. The van der Waals surface area contributed by atoms with Crippen LogP contribution in [0, 0.1) is 11.6 Å². The Balaban J connectivity index is 2.05. The minimum Gasteiger partial charge on any atom is -0.505 e. The zero-order valence-corrected chi connectivity index (χ0v) is 8.90. The molecule has 0 unspecified atom stereocenters. The van der Waals surface area contributed by atoms with E-state index in [1.165, 1.54) is 12.3 Å². The highest BCUT2D eigenvalue weighted by atomic mass is 19.2. The minimum atomic E-state index is -1.22. The molecule has 1 aliphatic carbocycles. The maximum Gasteiger partial charge on any atom is 0.200 e. The Morgan fingerprint density at radius 2 is 2.00 bits per heavy atom. The van der Waals surface area contributed by atoms with Crippen LogP contribution in [-0.4, -0.2) is 14.9 Å². The van der Waals surface area contributed by atoms with Gasteiger partial charge >= 0.3 is 0 Å². The molecule has 1 saturated carbocycles. The Morgan fingerprint density at radius 1 is 1.24 bits per heavy atom. The van der Waals surface area contributed by atoms with Crippen LogP contribution in [0.5, 0.6) is 5.75 Å². The molecule has 0 saturated heterocycles. The lowest BCUT2D eigenvalue weighted by molar-refractivity contribution is 0.408. The number of phenolic OH excluding ortho intramolecular Hbond substituents is 1. The first-order chi connectivity index (χ1) is 8.16. The molecule has 3 nitrogen and oxygen atoms in total. The lowest BCUT2D eigenvalue weighted by Gasteiger charge is -2.02. The molecule has 88 valence electrons. The summed E-state index contributed by atoms with van der Waals surface area (Å²) in [6, 6.07) is 2.89. The van der Waals surface area contributed by atoms with Crippen LogP contribution in [0.1, 0.15) is 18.9 Å². The van der Waals surface area contributed by atoms with Gasteiger partial charge in [-0.1, -0.05) is 0 Å². The molecule has 1 aromatic carbocycles. The monoisotopic (exact) mass is 236 g/mol. The van der Waals surface area contributed by atoms with Crippen LogP contribution in [0.15, 0.2) is 24.5 Å². The summed E-state index contributed by atoms with van der Waals surface area (Å²) < 4.78 is 28.6. The van der Waals surface area contributed by atoms with Gasteiger partial charge in [0.15, 0.2) is 11.6 Å². The summed E-state index contributed by atoms with van der Waals surface area (Å²) in [6.07, 6.45) is 5.36. The van der Waals surface area contributed by atoms with Crippen molar-refractivity contribution in [3.05, 3.63) is 36.2 Å². The standard InChI is InChI=1S/C12H10F2N2O/c13-11-9(3-4-10(17)12(11)14)7-5-15-16(6-7)8-1-2-8/h3-6,8,17H,1-2H2. The van der Waals surface area contributed by atoms with Crippen LogP contribution in [0.3, 0.4) is 0 Å². The minimum absolute atomic E-state index is 0.118. The summed E-state index contributed by atoms with van der Waals surface area (Å²) in [4.78, 5) is 0. The van der Waals surface area contributed by atoms with Gasteiger partial charge in [-0.05, 0) is 25.0 Å². The van der Waals surface area contributed by atoms with E-state index < -0.39 is 17.4 Å². The average Bonchev–Trinajstić information content (AvgIpc) is 3.06. The second-order valence-electron chi connectivity index (χ2n) is 4.20. The molecule has 1 heterocycles. The van der Waals surface area contributed by atoms with Crippen molar-refractivity contribution in [2.24, 2.45) is 0 Å². The second kappa shape index (κ2) is 3.55. The van der Waals surface area contributed by atoms with E-state index in [1.807, 2.05) is 0 Å². The zero-order chi connectivity index (χ0) is 12.0. The van der Waals surface area contributed by atoms with Gasteiger partial charge in [0.25, 0.3) is 0 Å². The van der Waals surface area contributed by atoms with E-state index in [-0.39, 0.29) is 5.56 Å². The van der Waals surface area contributed by atoms with E-state index >= 15 is 0 Å². The second-order valence-corrected chi connectivity index (χ2v) is 4.20. The van der Waals surface area contributed by atoms with Crippen molar-refractivity contribution in [3.63, 3.8) is 0 Å². The molecule has 5 heteroatoms. The fourth-order valence-corrected chi connectivity index (χ4v) is 1.78. The summed E-state index contributed by atoms with van der Waals surface area (Å²) >= 11 is 0. The van der Waals surface area contributed by atoms with E-state index in [1.54, 1.807) is 10.9 Å². The topological polar surface area (TPSA) is 38.1 Å². The summed E-state index contributed by atoms with van der Waals surface area (Å²) in [6.45, 7) is 0. The first-order valence-corrected chi connectivity index (χ1v) is 5.38. The van der Waals surface area contributed by atoms with Crippen molar-refractivity contribution < 1.29 is 13.9 Å². The van der Waals surface area contributed by atoms with Gasteiger partial charge in [-0.15, -0.1) is 0 Å². The summed E-state index contributed by atoms with van der Waals surface area (Å²) in [5, 5.41) is 13.2. The highest BCUT2D eigenvalue weighted by molar-refractivity contribution is 5.63. The number of hydrogen-bond donors (Lipinski definition) is 1. The molecule has 0 atom stereocenters. The fourth-order valence-electron chi connectivity index (χ4n) is 1.78. The van der Waals surface area contributed by atoms with Crippen LogP contribution in [-0.2, 0) is 0 Å². The Hall–Kier alpha value is -1.91. The lowest BCUT2D eigenvalue weighted by Crippen LogP contribution is -1.92. The number of halogens is 2. The zero-order valence-electron chi connectivity index (χ0n) is 8.90. The third-order valence-electron chi connectivity index (χ3n) is 2.90. The number of nitrogens with zero attached hydrogens (tertiary/aromatic N) is 2. The molecule has 1 fully saturated rings. The number of hydrogen-bond acceptors (Lipinski definition) is 2. The van der Waals surface area contributed by atoms with E-state index in [0.29, 0.717) is 11.6 Å². The molecular formula is C12H10F2N2O. The van der Waals surface area contributed by atoms with Crippen molar-refractivity contribution in [2.75, 3.05) is 0 Å².